The summed E-state index contributed by atoms with van der Waals surface area (Å²) in [6.45, 7) is 1.67. The van der Waals surface area contributed by atoms with Crippen molar-refractivity contribution >= 4 is 27.8 Å². The van der Waals surface area contributed by atoms with Crippen LogP contribution in [-0.2, 0) is 16.7 Å². The van der Waals surface area contributed by atoms with Gasteiger partial charge in [-0.25, -0.2) is 0 Å². The van der Waals surface area contributed by atoms with Crippen LogP contribution in [0.1, 0.15) is 30.0 Å². The van der Waals surface area contributed by atoms with E-state index in [0.29, 0.717) is 11.3 Å². The van der Waals surface area contributed by atoms with E-state index in [-0.39, 0.29) is 22.7 Å². The second-order valence-electron chi connectivity index (χ2n) is 5.04. The van der Waals surface area contributed by atoms with Gasteiger partial charge in [-0.15, -0.1) is 0 Å². The Morgan fingerprint density at radius 3 is 2.29 bits per heavy atom. The molecule has 0 aliphatic carbocycles. The lowest BCUT2D eigenvalue weighted by Gasteiger charge is -2.14. The lowest BCUT2D eigenvalue weighted by molar-refractivity contribution is -0.137. The minimum atomic E-state index is -4.52. The van der Waals surface area contributed by atoms with Crippen molar-refractivity contribution in [2.45, 2.75) is 19.5 Å². The summed E-state index contributed by atoms with van der Waals surface area (Å²) in [5, 5.41) is 12.7. The summed E-state index contributed by atoms with van der Waals surface area (Å²) in [7, 11) is -2.61. The molecule has 2 aromatic carbocycles. The predicted molar refractivity (Wildman–Crippen MR) is 96.7 cm³/mol. The number of halogens is 4. The highest BCUT2D eigenvalue weighted by Crippen LogP contribution is 2.34. The molecule has 0 spiro atoms. The molecule has 0 heterocycles. The zero-order valence-corrected chi connectivity index (χ0v) is 15.9. The van der Waals surface area contributed by atoms with Gasteiger partial charge in [0, 0.05) is 10.6 Å². The van der Waals surface area contributed by atoms with E-state index in [1.54, 1.807) is 6.92 Å². The summed E-state index contributed by atoms with van der Waals surface area (Å²) < 4.78 is 62.3. The molecular formula is C17H13ClF3N3O3S. The van der Waals surface area contributed by atoms with Crippen LogP contribution in [0.4, 0.5) is 13.2 Å². The lowest BCUT2D eigenvalue weighted by Crippen LogP contribution is -2.14. The number of nitriles is 1. The molecular weight excluding hydrogens is 419 g/mol. The Labute approximate surface area is 165 Å². The number of oxime groups is 1. The van der Waals surface area contributed by atoms with Crippen LogP contribution in [0.3, 0.4) is 0 Å². The lowest BCUT2D eigenvalue weighted by atomic mass is 10.0. The molecule has 0 aromatic heterocycles. The van der Waals surface area contributed by atoms with Gasteiger partial charge in [-0.1, -0.05) is 23.7 Å². The molecule has 0 amide bonds. The Morgan fingerprint density at radius 1 is 1.25 bits per heavy atom. The van der Waals surface area contributed by atoms with E-state index in [4.69, 9.17) is 34.9 Å². The first-order valence-electron chi connectivity index (χ1n) is 7.50. The molecule has 0 atom stereocenters. The topological polar surface area (TPSA) is 103 Å². The number of nitrogens with one attached hydrogen (secondary N) is 1. The first-order chi connectivity index (χ1) is 13.1. The van der Waals surface area contributed by atoms with Crippen LogP contribution in [0.5, 0.6) is 5.75 Å². The molecule has 6 nitrogen and oxygen atoms in total. The van der Waals surface area contributed by atoms with E-state index in [0.717, 1.165) is 6.07 Å². The molecule has 0 aliphatic heterocycles. The highest BCUT2D eigenvalue weighted by molar-refractivity contribution is 7.60. The van der Waals surface area contributed by atoms with Crippen molar-refractivity contribution in [2.75, 3.05) is 0 Å². The normalized spacial score (nSPS) is 11.1. The van der Waals surface area contributed by atoms with E-state index >= 15 is 0 Å². The number of nitrogens with zero attached hydrogens (tertiary/aromatic N) is 2. The average molecular weight is 432 g/mol. The maximum absolute atomic E-state index is 13.2. The molecule has 0 unspecified atom stereocenters. The molecule has 2 aromatic rings. The van der Waals surface area contributed by atoms with Gasteiger partial charge in [0.2, 0.25) is 0 Å². The summed E-state index contributed by atoms with van der Waals surface area (Å²) in [6.07, 6.45) is -4.30. The number of alkyl halides is 3. The van der Waals surface area contributed by atoms with Crippen LogP contribution in [0, 0.1) is 16.1 Å². The fourth-order valence-electron chi connectivity index (χ4n) is 2.00. The Bertz CT molecular complexity index is 993. The van der Waals surface area contributed by atoms with Gasteiger partial charge < -0.3 is 4.84 Å². The van der Waals surface area contributed by atoms with Crippen LogP contribution in [0.2, 0.25) is 5.02 Å². The third-order valence-corrected chi connectivity index (χ3v) is 3.41. The van der Waals surface area contributed by atoms with E-state index in [2.05, 4.69) is 5.16 Å². The van der Waals surface area contributed by atoms with Crippen molar-refractivity contribution in [1.82, 2.24) is 0 Å². The Kier molecular flexibility index (Phi) is 8.63. The van der Waals surface area contributed by atoms with Crippen LogP contribution < -0.4 is 4.84 Å². The van der Waals surface area contributed by atoms with Crippen LogP contribution >= 0.6 is 11.6 Å². The number of benzene rings is 2. The molecule has 0 radical (unpaired) electrons. The second kappa shape index (κ2) is 10.4. The predicted octanol–water partition coefficient (Wildman–Crippen LogP) is 5.05. The van der Waals surface area contributed by atoms with E-state index in [1.165, 1.54) is 36.4 Å². The molecule has 0 bridgehead atoms. The molecule has 28 heavy (non-hydrogen) atoms. The van der Waals surface area contributed by atoms with E-state index in [9.17, 15) is 13.2 Å². The highest BCUT2D eigenvalue weighted by Gasteiger charge is 2.34. The van der Waals surface area contributed by atoms with Gasteiger partial charge >= 0.3 is 16.7 Å². The number of hydrogen-bond donors (Lipinski definition) is 1. The minimum absolute atomic E-state index is 0.119. The summed E-state index contributed by atoms with van der Waals surface area (Å²) in [4.78, 5) is 5.19. The van der Waals surface area contributed by atoms with Crippen LogP contribution in [0.15, 0.2) is 47.6 Å². The van der Waals surface area contributed by atoms with Crippen molar-refractivity contribution < 1.29 is 26.4 Å². The van der Waals surface area contributed by atoms with Gasteiger partial charge in [-0.05, 0) is 48.9 Å². The quantitative estimate of drug-likeness (QED) is 0.540. The van der Waals surface area contributed by atoms with Gasteiger partial charge in [-0.3, -0.25) is 0 Å². The summed E-state index contributed by atoms with van der Waals surface area (Å²) >= 11 is 5.82. The summed E-state index contributed by atoms with van der Waals surface area (Å²) in [6, 6.07) is 11.4. The minimum Gasteiger partial charge on any atom is -0.357 e. The van der Waals surface area contributed by atoms with Gasteiger partial charge in [0.1, 0.15) is 0 Å². The molecule has 1 N–H and O–H groups in total. The molecule has 0 aliphatic rings. The Balaban J connectivity index is 0.000000892. The zero-order valence-electron chi connectivity index (χ0n) is 14.3. The molecule has 0 saturated heterocycles. The van der Waals surface area contributed by atoms with Crippen LogP contribution in [0.25, 0.3) is 0 Å². The Morgan fingerprint density at radius 2 is 1.82 bits per heavy atom. The third-order valence-electron chi connectivity index (χ3n) is 3.18. The van der Waals surface area contributed by atoms with Crippen molar-refractivity contribution in [3.8, 4) is 11.8 Å². The van der Waals surface area contributed by atoms with Crippen molar-refractivity contribution in [1.29, 1.82) is 10.0 Å². The Hall–Kier alpha value is -2.90. The fraction of sp³-hybridized carbons (Fsp3) is 0.176. The van der Waals surface area contributed by atoms with Gasteiger partial charge in [0.15, 0.2) is 5.75 Å². The van der Waals surface area contributed by atoms with Gasteiger partial charge in [0.05, 0.1) is 22.9 Å². The monoisotopic (exact) mass is 431 g/mol. The van der Waals surface area contributed by atoms with Gasteiger partial charge in [-0.2, -0.15) is 31.6 Å². The largest absolute Gasteiger partial charge is 0.417 e. The maximum Gasteiger partial charge on any atom is 0.417 e. The molecule has 2 rings (SSSR count). The van der Waals surface area contributed by atoms with Crippen molar-refractivity contribution in [3.05, 3.63) is 64.2 Å². The number of rotatable bonds is 4. The highest BCUT2D eigenvalue weighted by atomic mass is 35.5. The standard InChI is InChI=1S/C17H12ClF3N2O.HNO2S/c1-2-16(23-24-13-6-3-11(10-22)4-7-13)14-9-12(18)5-8-15(14)17(19,20)21;1-4(2)3/h3-9H,2H2,1H3;1H/b23-16+;. The SMILES string of the molecule is CC/C(=N\Oc1ccc(C#N)cc1)c1cc(Cl)ccc1C(F)(F)F.N=S(=O)=O. The zero-order chi connectivity index (χ0) is 21.3. The van der Waals surface area contributed by atoms with Crippen LogP contribution in [-0.4, -0.2) is 14.1 Å². The first-order valence-corrected chi connectivity index (χ1v) is 8.95. The van der Waals surface area contributed by atoms with Crippen molar-refractivity contribution in [3.63, 3.8) is 0 Å². The maximum atomic E-state index is 13.2. The van der Waals surface area contributed by atoms with Crippen molar-refractivity contribution in [2.24, 2.45) is 5.16 Å². The summed E-state index contributed by atoms with van der Waals surface area (Å²) in [5.74, 6) is 0.315. The molecule has 0 saturated carbocycles. The molecule has 148 valence electrons. The van der Waals surface area contributed by atoms with E-state index in [1.807, 2.05) is 6.07 Å². The fourth-order valence-corrected chi connectivity index (χ4v) is 2.18. The smallest absolute Gasteiger partial charge is 0.357 e. The van der Waals surface area contributed by atoms with Gasteiger partial charge in [0.25, 0.3) is 0 Å². The second-order valence-corrected chi connectivity index (χ2v) is 5.95. The van der Waals surface area contributed by atoms with E-state index < -0.39 is 22.2 Å². The molecule has 11 heteroatoms. The number of hydrogen-bond acceptors (Lipinski definition) is 6. The summed E-state index contributed by atoms with van der Waals surface area (Å²) in [5.41, 5.74) is -0.382. The average Bonchev–Trinajstić information content (AvgIpc) is 2.61. The molecule has 0 fully saturated rings. The first kappa shape index (κ1) is 23.1. The third kappa shape index (κ3) is 7.38.